The molecule has 4 nitrogen and oxygen atoms in total. The van der Waals surface area contributed by atoms with Gasteiger partial charge >= 0.3 is 0 Å². The number of amides is 2. The normalized spacial score (nSPS) is 20.5. The van der Waals surface area contributed by atoms with Crippen LogP contribution in [0.2, 0.25) is 5.02 Å². The summed E-state index contributed by atoms with van der Waals surface area (Å²) in [6, 6.07) is 6.91. The highest BCUT2D eigenvalue weighted by molar-refractivity contribution is 8.00. The lowest BCUT2D eigenvalue weighted by Gasteiger charge is -2.29. The fourth-order valence-electron chi connectivity index (χ4n) is 2.11. The molecule has 102 valence electrons. The quantitative estimate of drug-likeness (QED) is 0.929. The second-order valence-electron chi connectivity index (χ2n) is 4.28. The molecule has 1 N–H and O–H groups in total. The Balaban J connectivity index is 2.32. The molecule has 0 spiro atoms. The zero-order valence-electron chi connectivity index (χ0n) is 10.7. The number of carbonyl (C=O) groups is 2. The van der Waals surface area contributed by atoms with Crippen LogP contribution in [0.3, 0.4) is 0 Å². The van der Waals surface area contributed by atoms with Gasteiger partial charge in [-0.1, -0.05) is 29.8 Å². The van der Waals surface area contributed by atoms with Crippen molar-refractivity contribution < 1.29 is 9.59 Å². The van der Waals surface area contributed by atoms with Gasteiger partial charge in [0.05, 0.1) is 5.75 Å². The van der Waals surface area contributed by atoms with Crippen molar-refractivity contribution in [1.82, 2.24) is 10.2 Å². The summed E-state index contributed by atoms with van der Waals surface area (Å²) >= 11 is 7.68. The Kier molecular flexibility index (Phi) is 4.37. The van der Waals surface area contributed by atoms with Gasteiger partial charge in [-0.15, -0.1) is 11.8 Å². The molecular formula is C13H15ClN2O2S. The van der Waals surface area contributed by atoms with Gasteiger partial charge in [0.15, 0.2) is 0 Å². The summed E-state index contributed by atoms with van der Waals surface area (Å²) in [6.45, 7) is 1.73. The molecule has 0 saturated carbocycles. The van der Waals surface area contributed by atoms with Gasteiger partial charge in [0.2, 0.25) is 11.8 Å². The Bertz CT molecular complexity index is 509. The van der Waals surface area contributed by atoms with Crippen molar-refractivity contribution in [2.45, 2.75) is 18.3 Å². The number of halogens is 1. The highest BCUT2D eigenvalue weighted by Crippen LogP contribution is 2.42. The summed E-state index contributed by atoms with van der Waals surface area (Å²) in [5.41, 5.74) is 0.871. The van der Waals surface area contributed by atoms with Crippen molar-refractivity contribution in [3.63, 3.8) is 0 Å². The van der Waals surface area contributed by atoms with Crippen LogP contribution in [0, 0.1) is 0 Å². The van der Waals surface area contributed by atoms with Crippen molar-refractivity contribution in [1.29, 1.82) is 0 Å². The average Bonchev–Trinajstić information content (AvgIpc) is 2.79. The predicted octanol–water partition coefficient (Wildman–Crippen LogP) is 2.05. The second kappa shape index (κ2) is 5.84. The summed E-state index contributed by atoms with van der Waals surface area (Å²) in [7, 11) is 1.57. The lowest BCUT2D eigenvalue weighted by Crippen LogP contribution is -2.45. The number of nitrogens with zero attached hydrogens (tertiary/aromatic N) is 1. The number of benzene rings is 1. The van der Waals surface area contributed by atoms with E-state index < -0.39 is 6.04 Å². The Hall–Kier alpha value is -1.20. The summed E-state index contributed by atoms with van der Waals surface area (Å²) in [6.07, 6.45) is 0. The van der Waals surface area contributed by atoms with E-state index in [1.54, 1.807) is 24.9 Å². The van der Waals surface area contributed by atoms with Crippen molar-refractivity contribution in [3.8, 4) is 0 Å². The summed E-state index contributed by atoms with van der Waals surface area (Å²) in [5, 5.41) is 2.99. The molecule has 1 fully saturated rings. The number of hydrogen-bond donors (Lipinski definition) is 1. The monoisotopic (exact) mass is 298 g/mol. The van der Waals surface area contributed by atoms with Crippen molar-refractivity contribution in [3.05, 3.63) is 34.9 Å². The lowest BCUT2D eigenvalue weighted by molar-refractivity contribution is -0.137. The van der Waals surface area contributed by atoms with E-state index >= 15 is 0 Å². The highest BCUT2D eigenvalue weighted by atomic mass is 35.5. The molecule has 1 aromatic carbocycles. The van der Waals surface area contributed by atoms with Crippen LogP contribution in [0.25, 0.3) is 0 Å². The molecule has 6 heteroatoms. The molecular weight excluding hydrogens is 284 g/mol. The Morgan fingerprint density at radius 1 is 1.53 bits per heavy atom. The molecule has 0 aromatic heterocycles. The second-order valence-corrected chi connectivity index (χ2v) is 5.75. The molecule has 1 heterocycles. The molecule has 2 atom stereocenters. The third-order valence-electron chi connectivity index (χ3n) is 3.12. The number of thioether (sulfide) groups is 1. The van der Waals surface area contributed by atoms with E-state index in [0.717, 1.165) is 5.56 Å². The van der Waals surface area contributed by atoms with Gasteiger partial charge in [-0.3, -0.25) is 9.59 Å². The zero-order valence-corrected chi connectivity index (χ0v) is 12.3. The number of rotatable bonds is 3. The highest BCUT2D eigenvalue weighted by Gasteiger charge is 2.39. The van der Waals surface area contributed by atoms with E-state index in [1.165, 1.54) is 11.8 Å². The number of likely N-dealkylation sites (N-methyl/N-ethyl adjacent to an activating group) is 1. The van der Waals surface area contributed by atoms with Crippen LogP contribution in [-0.2, 0) is 9.59 Å². The Labute approximate surface area is 121 Å². The van der Waals surface area contributed by atoms with Crippen LogP contribution in [-0.4, -0.2) is 35.6 Å². The first-order chi connectivity index (χ1) is 9.06. The molecule has 2 rings (SSSR count). The molecule has 1 aliphatic rings. The van der Waals surface area contributed by atoms with Gasteiger partial charge in [0.1, 0.15) is 11.4 Å². The summed E-state index contributed by atoms with van der Waals surface area (Å²) in [4.78, 5) is 25.4. The number of nitrogens with one attached hydrogen (secondary N) is 1. The molecule has 0 aliphatic carbocycles. The van der Waals surface area contributed by atoms with Crippen molar-refractivity contribution in [2.24, 2.45) is 0 Å². The van der Waals surface area contributed by atoms with E-state index in [-0.39, 0.29) is 17.2 Å². The van der Waals surface area contributed by atoms with Crippen molar-refractivity contribution >= 4 is 35.2 Å². The minimum atomic E-state index is -0.506. The van der Waals surface area contributed by atoms with Crippen LogP contribution in [0.15, 0.2) is 24.3 Å². The van der Waals surface area contributed by atoms with Crippen LogP contribution < -0.4 is 5.32 Å². The molecule has 2 amide bonds. The zero-order chi connectivity index (χ0) is 14.0. The van der Waals surface area contributed by atoms with E-state index in [1.807, 2.05) is 18.2 Å². The van der Waals surface area contributed by atoms with Crippen LogP contribution in [0.5, 0.6) is 0 Å². The van der Waals surface area contributed by atoms with E-state index in [9.17, 15) is 9.59 Å². The van der Waals surface area contributed by atoms with Crippen molar-refractivity contribution in [2.75, 3.05) is 12.8 Å². The van der Waals surface area contributed by atoms with Gasteiger partial charge in [-0.25, -0.2) is 0 Å². The fourth-order valence-corrected chi connectivity index (χ4v) is 3.70. The van der Waals surface area contributed by atoms with Crippen LogP contribution in [0.1, 0.15) is 17.9 Å². The minimum Gasteiger partial charge on any atom is -0.357 e. The predicted molar refractivity (Wildman–Crippen MR) is 77.0 cm³/mol. The first kappa shape index (κ1) is 14.2. The number of hydrogen-bond acceptors (Lipinski definition) is 3. The first-order valence-corrected chi connectivity index (χ1v) is 7.37. The van der Waals surface area contributed by atoms with E-state index in [2.05, 4.69) is 5.32 Å². The van der Waals surface area contributed by atoms with E-state index in [0.29, 0.717) is 10.8 Å². The van der Waals surface area contributed by atoms with Crippen LogP contribution >= 0.6 is 23.4 Å². The third-order valence-corrected chi connectivity index (χ3v) is 4.67. The van der Waals surface area contributed by atoms with Gasteiger partial charge in [-0.2, -0.15) is 0 Å². The van der Waals surface area contributed by atoms with Crippen LogP contribution in [0.4, 0.5) is 0 Å². The Morgan fingerprint density at radius 2 is 2.21 bits per heavy atom. The number of carbonyl (C=O) groups excluding carboxylic acids is 2. The molecule has 0 radical (unpaired) electrons. The van der Waals surface area contributed by atoms with Gasteiger partial charge < -0.3 is 10.2 Å². The molecule has 1 saturated heterocycles. The average molecular weight is 299 g/mol. The summed E-state index contributed by atoms with van der Waals surface area (Å²) < 4.78 is 0. The van der Waals surface area contributed by atoms with Gasteiger partial charge in [0, 0.05) is 17.6 Å². The maximum absolute atomic E-state index is 12.0. The minimum absolute atomic E-state index is 0.0361. The molecule has 1 aromatic rings. The standard InChI is InChI=1S/C13H15ClN2O2S/c1-8(12(18)15-2)16-11(17)7-19-13(16)9-5-3-4-6-10(9)14/h3-6,8,13H,7H2,1-2H3,(H,15,18)/t8-,13-/m1/s1. The topological polar surface area (TPSA) is 49.4 Å². The molecule has 19 heavy (non-hydrogen) atoms. The SMILES string of the molecule is CNC(=O)[C@@H](C)N1C(=O)CS[C@@H]1c1ccccc1Cl. The van der Waals surface area contributed by atoms with Gasteiger partial charge in [-0.05, 0) is 13.0 Å². The molecule has 0 unspecified atom stereocenters. The lowest BCUT2D eigenvalue weighted by atomic mass is 10.1. The molecule has 1 aliphatic heterocycles. The fraction of sp³-hybridized carbons (Fsp3) is 0.385. The van der Waals surface area contributed by atoms with E-state index in [4.69, 9.17) is 11.6 Å². The Morgan fingerprint density at radius 3 is 2.84 bits per heavy atom. The molecule has 0 bridgehead atoms. The largest absolute Gasteiger partial charge is 0.357 e. The van der Waals surface area contributed by atoms with Gasteiger partial charge in [0.25, 0.3) is 0 Å². The maximum atomic E-state index is 12.0. The third kappa shape index (κ3) is 2.72. The maximum Gasteiger partial charge on any atom is 0.242 e. The first-order valence-electron chi connectivity index (χ1n) is 5.95. The smallest absolute Gasteiger partial charge is 0.242 e. The summed E-state index contributed by atoms with van der Waals surface area (Å²) in [5.74, 6) is 0.163.